The Balaban J connectivity index is 1.47. The lowest BCUT2D eigenvalue weighted by Gasteiger charge is -2.26. The van der Waals surface area contributed by atoms with Gasteiger partial charge in [0.2, 0.25) is 11.8 Å². The standard InChI is InChI=1S/C21H27N5O2/c22-18(15-16-5-2-1-3-6-16)21(28)26-14-4-7-19(26)20(27)25-13-12-24-17-8-10-23-11-9-17/h1-3,5-6,8-11,18-19H,4,7,12-15,22H2,(H,23,24)(H,25,27)/t18-,19-/m0/s1. The summed E-state index contributed by atoms with van der Waals surface area (Å²) in [5, 5.41) is 6.13. The van der Waals surface area contributed by atoms with Gasteiger partial charge in [-0.05, 0) is 37.0 Å². The van der Waals surface area contributed by atoms with Gasteiger partial charge in [0, 0.05) is 37.7 Å². The molecular weight excluding hydrogens is 354 g/mol. The van der Waals surface area contributed by atoms with Crippen LogP contribution in [0.1, 0.15) is 18.4 Å². The van der Waals surface area contributed by atoms with Crippen LogP contribution in [0.2, 0.25) is 0 Å². The number of carbonyl (C=O) groups excluding carboxylic acids is 2. The molecule has 0 spiro atoms. The van der Waals surface area contributed by atoms with Crippen LogP contribution in [-0.2, 0) is 16.0 Å². The van der Waals surface area contributed by atoms with Crippen LogP contribution >= 0.6 is 0 Å². The van der Waals surface area contributed by atoms with Crippen LogP contribution in [0, 0.1) is 0 Å². The van der Waals surface area contributed by atoms with Gasteiger partial charge in [0.05, 0.1) is 6.04 Å². The number of benzene rings is 1. The number of likely N-dealkylation sites (tertiary alicyclic amines) is 1. The van der Waals surface area contributed by atoms with Crippen LogP contribution in [-0.4, -0.2) is 53.4 Å². The van der Waals surface area contributed by atoms with Gasteiger partial charge in [0.15, 0.2) is 0 Å². The number of aromatic nitrogens is 1. The summed E-state index contributed by atoms with van der Waals surface area (Å²) in [6.07, 6.45) is 5.38. The van der Waals surface area contributed by atoms with Crippen LogP contribution in [0.4, 0.5) is 5.69 Å². The number of nitrogens with one attached hydrogen (secondary N) is 2. The van der Waals surface area contributed by atoms with E-state index in [-0.39, 0.29) is 11.8 Å². The molecule has 4 N–H and O–H groups in total. The first-order valence-electron chi connectivity index (χ1n) is 9.67. The van der Waals surface area contributed by atoms with Gasteiger partial charge >= 0.3 is 0 Å². The molecule has 148 valence electrons. The molecule has 3 rings (SSSR count). The topological polar surface area (TPSA) is 100 Å². The molecule has 1 aliphatic heterocycles. The number of nitrogens with zero attached hydrogens (tertiary/aromatic N) is 2. The minimum atomic E-state index is -0.635. The predicted octanol–water partition coefficient (Wildman–Crippen LogP) is 1.17. The Bertz CT molecular complexity index is 769. The monoisotopic (exact) mass is 381 g/mol. The van der Waals surface area contributed by atoms with Gasteiger partial charge in [-0.2, -0.15) is 0 Å². The van der Waals surface area contributed by atoms with E-state index in [1.54, 1.807) is 17.3 Å². The average molecular weight is 381 g/mol. The van der Waals surface area contributed by atoms with Gasteiger partial charge in [-0.15, -0.1) is 0 Å². The van der Waals surface area contributed by atoms with E-state index >= 15 is 0 Å². The van der Waals surface area contributed by atoms with Crippen molar-refractivity contribution >= 4 is 17.5 Å². The van der Waals surface area contributed by atoms with Crippen molar-refractivity contribution in [3.05, 3.63) is 60.4 Å². The number of anilines is 1. The third-order valence-electron chi connectivity index (χ3n) is 4.89. The van der Waals surface area contributed by atoms with Crippen LogP contribution in [0.15, 0.2) is 54.9 Å². The average Bonchev–Trinajstić information content (AvgIpc) is 3.22. The summed E-state index contributed by atoms with van der Waals surface area (Å²) in [5.74, 6) is -0.272. The molecule has 7 heteroatoms. The summed E-state index contributed by atoms with van der Waals surface area (Å²) >= 11 is 0. The first-order valence-corrected chi connectivity index (χ1v) is 9.67. The predicted molar refractivity (Wildman–Crippen MR) is 109 cm³/mol. The van der Waals surface area contributed by atoms with Crippen LogP contribution in [0.5, 0.6) is 0 Å². The van der Waals surface area contributed by atoms with Gasteiger partial charge in [0.1, 0.15) is 6.04 Å². The molecule has 2 atom stereocenters. The van der Waals surface area contributed by atoms with E-state index in [9.17, 15) is 9.59 Å². The lowest BCUT2D eigenvalue weighted by Crippen LogP contribution is -2.52. The number of carbonyl (C=O) groups is 2. The minimum absolute atomic E-state index is 0.116. The summed E-state index contributed by atoms with van der Waals surface area (Å²) in [7, 11) is 0. The fourth-order valence-electron chi connectivity index (χ4n) is 3.45. The zero-order chi connectivity index (χ0) is 19.8. The van der Waals surface area contributed by atoms with E-state index in [1.807, 2.05) is 42.5 Å². The Kier molecular flexibility index (Phi) is 6.97. The number of hydrogen-bond acceptors (Lipinski definition) is 5. The highest BCUT2D eigenvalue weighted by Crippen LogP contribution is 2.19. The lowest BCUT2D eigenvalue weighted by atomic mass is 10.1. The van der Waals surface area contributed by atoms with Gasteiger partial charge in [-0.3, -0.25) is 14.6 Å². The van der Waals surface area contributed by atoms with Crippen molar-refractivity contribution in [3.63, 3.8) is 0 Å². The Hall–Kier alpha value is -2.93. The fourth-order valence-corrected chi connectivity index (χ4v) is 3.45. The third kappa shape index (κ3) is 5.29. The Morgan fingerprint density at radius 3 is 2.64 bits per heavy atom. The van der Waals surface area contributed by atoms with Crippen LogP contribution in [0.25, 0.3) is 0 Å². The van der Waals surface area contributed by atoms with Gasteiger partial charge in [-0.25, -0.2) is 0 Å². The SMILES string of the molecule is N[C@@H](Cc1ccccc1)C(=O)N1CCC[C@H]1C(=O)NCCNc1ccncc1. The molecule has 1 aliphatic rings. The first-order chi connectivity index (χ1) is 13.6. The second-order valence-electron chi connectivity index (χ2n) is 6.94. The first kappa shape index (κ1) is 19.8. The molecule has 0 aliphatic carbocycles. The molecule has 0 bridgehead atoms. The summed E-state index contributed by atoms with van der Waals surface area (Å²) in [4.78, 5) is 31.0. The summed E-state index contributed by atoms with van der Waals surface area (Å²) in [5.41, 5.74) is 8.11. The van der Waals surface area contributed by atoms with Gasteiger partial charge in [0.25, 0.3) is 0 Å². The number of nitrogens with two attached hydrogens (primary N) is 1. The Labute approximate surface area is 165 Å². The molecule has 2 amide bonds. The molecule has 0 saturated carbocycles. The smallest absolute Gasteiger partial charge is 0.242 e. The van der Waals surface area contributed by atoms with Crippen molar-refractivity contribution < 1.29 is 9.59 Å². The van der Waals surface area contributed by atoms with Crippen molar-refractivity contribution in [3.8, 4) is 0 Å². The summed E-state index contributed by atoms with van der Waals surface area (Å²) in [6, 6.07) is 12.4. The molecule has 0 unspecified atom stereocenters. The van der Waals surface area contributed by atoms with Crippen LogP contribution in [0.3, 0.4) is 0 Å². The molecule has 28 heavy (non-hydrogen) atoms. The normalized spacial score (nSPS) is 17.2. The zero-order valence-electron chi connectivity index (χ0n) is 15.9. The quantitative estimate of drug-likeness (QED) is 0.596. The zero-order valence-corrected chi connectivity index (χ0v) is 15.9. The number of rotatable bonds is 8. The number of hydrogen-bond donors (Lipinski definition) is 3. The molecule has 1 fully saturated rings. The van der Waals surface area contributed by atoms with E-state index in [4.69, 9.17) is 5.73 Å². The fraction of sp³-hybridized carbons (Fsp3) is 0.381. The molecule has 2 aromatic rings. The van der Waals surface area contributed by atoms with Gasteiger partial charge < -0.3 is 21.3 Å². The van der Waals surface area contributed by atoms with Crippen molar-refractivity contribution in [2.45, 2.75) is 31.3 Å². The Morgan fingerprint density at radius 1 is 1.14 bits per heavy atom. The largest absolute Gasteiger partial charge is 0.383 e. The van der Waals surface area contributed by atoms with E-state index in [2.05, 4.69) is 15.6 Å². The Morgan fingerprint density at radius 2 is 1.89 bits per heavy atom. The van der Waals surface area contributed by atoms with E-state index < -0.39 is 12.1 Å². The van der Waals surface area contributed by atoms with Crippen LogP contribution < -0.4 is 16.4 Å². The molecule has 2 heterocycles. The maximum absolute atomic E-state index is 12.8. The highest BCUT2D eigenvalue weighted by atomic mass is 16.2. The molecular formula is C21H27N5O2. The van der Waals surface area contributed by atoms with Gasteiger partial charge in [-0.1, -0.05) is 30.3 Å². The van der Waals surface area contributed by atoms with Crippen molar-refractivity contribution in [2.75, 3.05) is 25.0 Å². The van der Waals surface area contributed by atoms with Crippen molar-refractivity contribution in [1.82, 2.24) is 15.2 Å². The number of amides is 2. The second kappa shape index (κ2) is 9.85. The molecule has 1 saturated heterocycles. The maximum atomic E-state index is 12.8. The molecule has 1 aromatic heterocycles. The highest BCUT2D eigenvalue weighted by Gasteiger charge is 2.35. The lowest BCUT2D eigenvalue weighted by molar-refractivity contribution is -0.139. The third-order valence-corrected chi connectivity index (χ3v) is 4.89. The number of pyridine rings is 1. The second-order valence-corrected chi connectivity index (χ2v) is 6.94. The summed E-state index contributed by atoms with van der Waals surface area (Å²) in [6.45, 7) is 1.66. The van der Waals surface area contributed by atoms with E-state index in [0.29, 0.717) is 32.5 Å². The maximum Gasteiger partial charge on any atom is 0.242 e. The molecule has 1 aromatic carbocycles. The van der Waals surface area contributed by atoms with E-state index in [1.165, 1.54) is 0 Å². The molecule has 7 nitrogen and oxygen atoms in total. The van der Waals surface area contributed by atoms with Crippen molar-refractivity contribution in [1.29, 1.82) is 0 Å². The van der Waals surface area contributed by atoms with Crippen molar-refractivity contribution in [2.24, 2.45) is 5.73 Å². The van der Waals surface area contributed by atoms with E-state index in [0.717, 1.165) is 17.7 Å². The molecule has 0 radical (unpaired) electrons. The highest BCUT2D eigenvalue weighted by molar-refractivity contribution is 5.90. The minimum Gasteiger partial charge on any atom is -0.383 e. The summed E-state index contributed by atoms with van der Waals surface area (Å²) < 4.78 is 0.